The fourth-order valence-corrected chi connectivity index (χ4v) is 4.03. The minimum Gasteiger partial charge on any atom is -0.330 e. The van der Waals surface area contributed by atoms with Crippen molar-refractivity contribution in [1.82, 2.24) is 9.80 Å². The number of urea groups is 1. The third-order valence-electron chi connectivity index (χ3n) is 2.11. The summed E-state index contributed by atoms with van der Waals surface area (Å²) in [5, 5.41) is 9.17. The van der Waals surface area contributed by atoms with Gasteiger partial charge in [0.25, 0.3) is 0 Å². The van der Waals surface area contributed by atoms with E-state index in [9.17, 15) is 9.00 Å². The monoisotopic (exact) mass is 276 g/mol. The maximum absolute atomic E-state index is 11.8. The minimum absolute atomic E-state index is 0.156. The second-order valence-corrected chi connectivity index (χ2v) is 6.91. The predicted octanol–water partition coefficient (Wildman–Crippen LogP) is 0.685. The van der Waals surface area contributed by atoms with E-state index in [0.29, 0.717) is 15.4 Å². The first kappa shape index (κ1) is 14.0. The van der Waals surface area contributed by atoms with Gasteiger partial charge in [0.2, 0.25) is 5.17 Å². The molecule has 1 aliphatic rings. The van der Waals surface area contributed by atoms with Crippen molar-refractivity contribution in [3.05, 3.63) is 0 Å². The fraction of sp³-hybridized carbons (Fsp3) is 0.667. The number of rotatable bonds is 1. The van der Waals surface area contributed by atoms with Gasteiger partial charge in [-0.15, -0.1) is 10.2 Å². The smallest absolute Gasteiger partial charge is 0.325 e. The molecule has 0 aliphatic carbocycles. The van der Waals surface area contributed by atoms with E-state index in [1.807, 2.05) is 13.8 Å². The second-order valence-electron chi connectivity index (χ2n) is 4.05. The highest BCUT2D eigenvalue weighted by atomic mass is 32.8. The number of amides is 2. The van der Waals surface area contributed by atoms with Crippen LogP contribution in [0.15, 0.2) is 10.2 Å². The van der Waals surface area contributed by atoms with Gasteiger partial charge in [0.15, 0.2) is 0 Å². The summed E-state index contributed by atoms with van der Waals surface area (Å²) in [7, 11) is 4.59. The van der Waals surface area contributed by atoms with Gasteiger partial charge in [0, 0.05) is 36.5 Å². The van der Waals surface area contributed by atoms with Crippen molar-refractivity contribution in [1.29, 1.82) is 0 Å². The van der Waals surface area contributed by atoms with Crippen molar-refractivity contribution in [3.8, 4) is 0 Å². The van der Waals surface area contributed by atoms with E-state index in [0.717, 1.165) is 5.04 Å². The molecule has 17 heavy (non-hydrogen) atoms. The standard InChI is InChI=1S/C9H16N4O2S2/c1-6(2)7-10-11-8(17(7)16-15)13(5)9(14)12(3)4/h6H,1-5H3. The maximum atomic E-state index is 11.8. The summed E-state index contributed by atoms with van der Waals surface area (Å²) in [6, 6.07) is -0.212. The number of carbonyl (C=O) groups is 1. The van der Waals surface area contributed by atoms with Crippen molar-refractivity contribution < 1.29 is 9.00 Å². The zero-order valence-electron chi connectivity index (χ0n) is 10.5. The Labute approximate surface area is 106 Å². The molecule has 1 rings (SSSR count). The fourth-order valence-electron chi connectivity index (χ4n) is 1.23. The van der Waals surface area contributed by atoms with Crippen LogP contribution < -0.4 is 0 Å². The summed E-state index contributed by atoms with van der Waals surface area (Å²) in [5.41, 5.74) is 0. The molecule has 6 nitrogen and oxygen atoms in total. The lowest BCUT2D eigenvalue weighted by Gasteiger charge is -2.21. The highest BCUT2D eigenvalue weighted by molar-refractivity contribution is 8.47. The molecule has 1 unspecified atom stereocenters. The summed E-state index contributed by atoms with van der Waals surface area (Å²) in [6.45, 7) is 3.92. The molecule has 0 aromatic heterocycles. The molecule has 0 N–H and O–H groups in total. The Kier molecular flexibility index (Phi) is 4.58. The zero-order chi connectivity index (χ0) is 13.2. The van der Waals surface area contributed by atoms with Gasteiger partial charge < -0.3 is 4.90 Å². The zero-order valence-corrected chi connectivity index (χ0v) is 12.1. The van der Waals surface area contributed by atoms with Crippen molar-refractivity contribution in [2.45, 2.75) is 13.8 Å². The average Bonchev–Trinajstić information content (AvgIpc) is 2.70. The predicted molar refractivity (Wildman–Crippen MR) is 72.1 cm³/mol. The molecule has 0 spiro atoms. The summed E-state index contributed by atoms with van der Waals surface area (Å²) in [4.78, 5) is 14.6. The first-order chi connectivity index (χ1) is 7.90. The molecular formula is C9H16N4O2S2. The third kappa shape index (κ3) is 2.81. The molecule has 96 valence electrons. The van der Waals surface area contributed by atoms with Crippen molar-refractivity contribution in [3.63, 3.8) is 0 Å². The number of nitrogens with zero attached hydrogens (tertiary/aromatic N) is 4. The summed E-state index contributed by atoms with van der Waals surface area (Å²) < 4.78 is 11.2. The molecule has 8 heteroatoms. The van der Waals surface area contributed by atoms with E-state index in [2.05, 4.69) is 10.2 Å². The normalized spacial score (nSPS) is 18.8. The lowest BCUT2D eigenvalue weighted by molar-refractivity contribution is 0.201. The summed E-state index contributed by atoms with van der Waals surface area (Å²) in [5.74, 6) is 0.156. The van der Waals surface area contributed by atoms with Gasteiger partial charge in [-0.05, 0) is 0 Å². The minimum atomic E-state index is -0.768. The van der Waals surface area contributed by atoms with Crippen LogP contribution in [0.3, 0.4) is 0 Å². The van der Waals surface area contributed by atoms with Crippen LogP contribution in [0.2, 0.25) is 0 Å². The van der Waals surface area contributed by atoms with Gasteiger partial charge >= 0.3 is 6.03 Å². The molecule has 0 fully saturated rings. The number of hydrogen-bond donors (Lipinski definition) is 0. The molecule has 0 aromatic rings. The van der Waals surface area contributed by atoms with Crippen LogP contribution in [0, 0.1) is 5.92 Å². The van der Waals surface area contributed by atoms with Crippen LogP contribution in [0.5, 0.6) is 0 Å². The second kappa shape index (κ2) is 5.54. The molecule has 0 saturated heterocycles. The topological polar surface area (TPSA) is 65.3 Å². The Balaban J connectivity index is 2.99. The van der Waals surface area contributed by atoms with E-state index in [1.165, 1.54) is 9.80 Å². The average molecular weight is 276 g/mol. The van der Waals surface area contributed by atoms with Gasteiger partial charge in [-0.3, -0.25) is 4.90 Å². The molecule has 0 radical (unpaired) electrons. The molecular weight excluding hydrogens is 260 g/mol. The molecule has 2 amide bonds. The number of carbonyl (C=O) groups excluding carboxylic acids is 1. The Morgan fingerprint density at radius 3 is 2.29 bits per heavy atom. The van der Waals surface area contributed by atoms with E-state index in [4.69, 9.17) is 0 Å². The SMILES string of the molecule is CC(C)C1=NN=C(N(C)C(=O)N(C)C)S1=S=O. The van der Waals surface area contributed by atoms with Gasteiger partial charge in [0.05, 0.1) is 0 Å². The highest BCUT2D eigenvalue weighted by Gasteiger charge is 2.29. The Morgan fingerprint density at radius 2 is 1.88 bits per heavy atom. The number of amidine groups is 1. The highest BCUT2D eigenvalue weighted by Crippen LogP contribution is 2.14. The largest absolute Gasteiger partial charge is 0.330 e. The summed E-state index contributed by atoms with van der Waals surface area (Å²) >= 11 is 0. The third-order valence-corrected chi connectivity index (χ3v) is 5.23. The molecule has 0 bridgehead atoms. The molecule has 0 saturated carbocycles. The summed E-state index contributed by atoms with van der Waals surface area (Å²) in [6.07, 6.45) is 0. The van der Waals surface area contributed by atoms with E-state index in [-0.39, 0.29) is 11.9 Å². The van der Waals surface area contributed by atoms with E-state index < -0.39 is 9.45 Å². The van der Waals surface area contributed by atoms with E-state index >= 15 is 0 Å². The van der Waals surface area contributed by atoms with Crippen molar-refractivity contribution in [2.75, 3.05) is 21.1 Å². The van der Waals surface area contributed by atoms with Crippen molar-refractivity contribution >= 4 is 35.9 Å². The van der Waals surface area contributed by atoms with Crippen LogP contribution in [0.25, 0.3) is 0 Å². The van der Waals surface area contributed by atoms with Crippen LogP contribution in [0.4, 0.5) is 4.79 Å². The Hall–Kier alpha value is -1.02. The van der Waals surface area contributed by atoms with Gasteiger partial charge in [-0.25, -0.2) is 9.00 Å². The van der Waals surface area contributed by atoms with Crippen LogP contribution in [-0.2, 0) is 19.7 Å². The molecule has 1 heterocycles. The lowest BCUT2D eigenvalue weighted by atomic mass is 10.2. The van der Waals surface area contributed by atoms with Crippen LogP contribution >= 0.6 is 0 Å². The van der Waals surface area contributed by atoms with Gasteiger partial charge in [-0.1, -0.05) is 13.8 Å². The quantitative estimate of drug-likeness (QED) is 0.707. The van der Waals surface area contributed by atoms with Gasteiger partial charge in [0.1, 0.15) is 15.3 Å². The Morgan fingerprint density at radius 1 is 1.29 bits per heavy atom. The Bertz CT molecular complexity index is 450. The first-order valence-electron chi connectivity index (χ1n) is 5.05. The molecule has 1 aliphatic heterocycles. The molecule has 1 atom stereocenters. The first-order valence-corrected chi connectivity index (χ1v) is 7.53. The number of hydrogen-bond acceptors (Lipinski definition) is 4. The van der Waals surface area contributed by atoms with Gasteiger partial charge in [-0.2, -0.15) is 0 Å². The van der Waals surface area contributed by atoms with E-state index in [1.54, 1.807) is 21.1 Å². The lowest BCUT2D eigenvalue weighted by Crippen LogP contribution is -2.42. The maximum Gasteiger partial charge on any atom is 0.325 e. The van der Waals surface area contributed by atoms with Crippen molar-refractivity contribution in [2.24, 2.45) is 16.1 Å². The van der Waals surface area contributed by atoms with Crippen LogP contribution in [0.1, 0.15) is 13.8 Å². The molecule has 0 aromatic carbocycles. The van der Waals surface area contributed by atoms with Crippen LogP contribution in [-0.4, -0.2) is 51.4 Å².